The summed E-state index contributed by atoms with van der Waals surface area (Å²) in [5, 5.41) is 7.31. The van der Waals surface area contributed by atoms with Gasteiger partial charge in [0.2, 0.25) is 0 Å². The maximum absolute atomic E-state index is 13.3. The number of nitrogens with zero attached hydrogens (tertiary/aromatic N) is 3. The Morgan fingerprint density at radius 2 is 1.92 bits per heavy atom. The number of halogens is 4. The van der Waals surface area contributed by atoms with Gasteiger partial charge in [-0.1, -0.05) is 69.3 Å². The van der Waals surface area contributed by atoms with Gasteiger partial charge in [-0.05, 0) is 42.9 Å². The Kier molecular flexibility index (Phi) is 11.2. The van der Waals surface area contributed by atoms with Gasteiger partial charge in [-0.2, -0.15) is 18.3 Å². The van der Waals surface area contributed by atoms with Crippen molar-refractivity contribution in [1.82, 2.24) is 10.2 Å². The lowest BCUT2D eigenvalue weighted by Gasteiger charge is -2.16. The second kappa shape index (κ2) is 13.8. The number of hydrogen-bond acceptors (Lipinski definition) is 4. The molecular formula is C27H32ClF3N4O. The summed E-state index contributed by atoms with van der Waals surface area (Å²) in [5.74, 6) is 0.226. The standard InChI is InChI=1S/C27H32ClF3N4O/c1-6-9-25(28)32-16-22(23-14-15-33-35-23)19(5)36-17-20-10-12-21(13-11-20)26(18(4)7-2)34-24(8-3)27(29,30)31/h8,10-16,18H,5-7,9,17H2,1-4H3,(H,33,35)/b22-16+,24-8-,32-25?,34-26?. The van der Waals surface area contributed by atoms with E-state index in [1.54, 1.807) is 42.7 Å². The number of alkyl halides is 3. The van der Waals surface area contributed by atoms with E-state index in [9.17, 15) is 13.2 Å². The van der Waals surface area contributed by atoms with E-state index < -0.39 is 11.9 Å². The van der Waals surface area contributed by atoms with E-state index in [0.717, 1.165) is 18.1 Å². The van der Waals surface area contributed by atoms with Crippen LogP contribution in [0.25, 0.3) is 5.57 Å². The Hall–Kier alpha value is -3.13. The van der Waals surface area contributed by atoms with E-state index >= 15 is 0 Å². The van der Waals surface area contributed by atoms with Gasteiger partial charge in [0.25, 0.3) is 0 Å². The summed E-state index contributed by atoms with van der Waals surface area (Å²) >= 11 is 6.14. The smallest absolute Gasteiger partial charge is 0.433 e. The second-order valence-corrected chi connectivity index (χ2v) is 8.59. The SMILES string of the molecule is C=C(OCc1ccc(C(=N/C(=C\C)C(F)(F)F)C(C)CC)cc1)/C(=C\N=C(Cl)CCC)c1ccn[nH]1. The zero-order valence-electron chi connectivity index (χ0n) is 21.0. The van der Waals surface area contributed by atoms with Crippen molar-refractivity contribution in [1.29, 1.82) is 0 Å². The van der Waals surface area contributed by atoms with Crippen LogP contribution in [-0.2, 0) is 11.3 Å². The average molecular weight is 521 g/mol. The minimum Gasteiger partial charge on any atom is -0.489 e. The number of aromatic nitrogens is 2. The lowest BCUT2D eigenvalue weighted by molar-refractivity contribution is -0.0924. The first-order chi connectivity index (χ1) is 17.1. The van der Waals surface area contributed by atoms with Crippen LogP contribution >= 0.6 is 11.6 Å². The molecule has 1 atom stereocenters. The molecule has 1 heterocycles. The van der Waals surface area contributed by atoms with Crippen molar-refractivity contribution in [2.24, 2.45) is 15.9 Å². The molecule has 1 unspecified atom stereocenters. The predicted octanol–water partition coefficient (Wildman–Crippen LogP) is 8.22. The van der Waals surface area contributed by atoms with Gasteiger partial charge in [0, 0.05) is 18.8 Å². The van der Waals surface area contributed by atoms with Gasteiger partial charge in [-0.15, -0.1) is 0 Å². The lowest BCUT2D eigenvalue weighted by Crippen LogP contribution is -2.17. The van der Waals surface area contributed by atoms with E-state index in [1.807, 2.05) is 20.8 Å². The highest BCUT2D eigenvalue weighted by molar-refractivity contribution is 6.65. The topological polar surface area (TPSA) is 62.6 Å². The van der Waals surface area contributed by atoms with Crippen molar-refractivity contribution in [2.75, 3.05) is 0 Å². The normalized spacial score (nSPS) is 14.7. The lowest BCUT2D eigenvalue weighted by atomic mass is 9.95. The fourth-order valence-electron chi connectivity index (χ4n) is 3.20. The van der Waals surface area contributed by atoms with Crippen LogP contribution in [-0.4, -0.2) is 27.3 Å². The number of hydrogen-bond donors (Lipinski definition) is 1. The summed E-state index contributed by atoms with van der Waals surface area (Å²) in [4.78, 5) is 8.26. The van der Waals surface area contributed by atoms with Gasteiger partial charge in [0.05, 0.1) is 17.0 Å². The van der Waals surface area contributed by atoms with Crippen LogP contribution in [0.2, 0.25) is 0 Å². The molecule has 0 bridgehead atoms. The maximum atomic E-state index is 13.3. The number of rotatable bonds is 12. The van der Waals surface area contributed by atoms with Gasteiger partial charge >= 0.3 is 6.18 Å². The number of nitrogens with one attached hydrogen (secondary N) is 1. The monoisotopic (exact) mass is 520 g/mol. The van der Waals surface area contributed by atoms with Crippen LogP contribution < -0.4 is 0 Å². The van der Waals surface area contributed by atoms with Crippen LogP contribution in [0.1, 0.15) is 63.8 Å². The Bertz CT molecular complexity index is 1110. The number of ether oxygens (including phenoxy) is 1. The van der Waals surface area contributed by atoms with Crippen molar-refractivity contribution in [3.63, 3.8) is 0 Å². The summed E-state index contributed by atoms with van der Waals surface area (Å²) in [6.45, 7) is 11.3. The van der Waals surface area contributed by atoms with E-state index in [4.69, 9.17) is 16.3 Å². The number of aromatic amines is 1. The Morgan fingerprint density at radius 3 is 2.44 bits per heavy atom. The molecule has 2 rings (SSSR count). The molecule has 0 amide bonds. The minimum atomic E-state index is -4.51. The first kappa shape index (κ1) is 29.1. The van der Waals surface area contributed by atoms with E-state index in [-0.39, 0.29) is 12.5 Å². The summed E-state index contributed by atoms with van der Waals surface area (Å²) in [7, 11) is 0. The molecule has 0 aliphatic carbocycles. The van der Waals surface area contributed by atoms with Crippen molar-refractivity contribution in [2.45, 2.75) is 59.7 Å². The van der Waals surface area contributed by atoms with Gasteiger partial charge in [-0.3, -0.25) is 5.10 Å². The third-order valence-corrected chi connectivity index (χ3v) is 5.71. The Balaban J connectivity index is 2.21. The van der Waals surface area contributed by atoms with Crippen LogP contribution in [0.4, 0.5) is 13.2 Å². The molecule has 5 nitrogen and oxygen atoms in total. The summed E-state index contributed by atoms with van der Waals surface area (Å²) in [5.41, 5.74) is 2.23. The highest BCUT2D eigenvalue weighted by Crippen LogP contribution is 2.29. The molecule has 1 N–H and O–H groups in total. The molecule has 1 aromatic heterocycles. The molecule has 1 aromatic carbocycles. The fourth-order valence-corrected chi connectivity index (χ4v) is 3.43. The minimum absolute atomic E-state index is 0.147. The van der Waals surface area contributed by atoms with Crippen molar-refractivity contribution in [3.8, 4) is 0 Å². The van der Waals surface area contributed by atoms with Crippen LogP contribution in [0.5, 0.6) is 0 Å². The fraction of sp³-hybridized carbons (Fsp3) is 0.370. The van der Waals surface area contributed by atoms with Crippen molar-refractivity contribution < 1.29 is 17.9 Å². The van der Waals surface area contributed by atoms with Crippen molar-refractivity contribution in [3.05, 3.63) is 83.7 Å². The van der Waals surface area contributed by atoms with E-state index in [2.05, 4.69) is 26.8 Å². The molecule has 0 saturated heterocycles. The van der Waals surface area contributed by atoms with E-state index in [1.165, 1.54) is 6.92 Å². The van der Waals surface area contributed by atoms with Crippen LogP contribution in [0.15, 0.2) is 76.8 Å². The molecule has 0 saturated carbocycles. The van der Waals surface area contributed by atoms with Gasteiger partial charge in [0.15, 0.2) is 0 Å². The van der Waals surface area contributed by atoms with Gasteiger partial charge in [0.1, 0.15) is 23.2 Å². The quantitative estimate of drug-likeness (QED) is 0.174. The van der Waals surface area contributed by atoms with Crippen LogP contribution in [0, 0.1) is 5.92 Å². The molecule has 0 aliphatic rings. The predicted molar refractivity (Wildman–Crippen MR) is 141 cm³/mol. The number of allylic oxidation sites excluding steroid dienone is 3. The first-order valence-electron chi connectivity index (χ1n) is 11.8. The third kappa shape index (κ3) is 8.52. The zero-order chi connectivity index (χ0) is 26.7. The third-order valence-electron chi connectivity index (χ3n) is 5.43. The molecule has 0 fully saturated rings. The molecule has 36 heavy (non-hydrogen) atoms. The molecule has 9 heteroatoms. The second-order valence-electron chi connectivity index (χ2n) is 8.16. The number of aliphatic imine (C=N–C) groups is 2. The van der Waals surface area contributed by atoms with Gasteiger partial charge < -0.3 is 4.74 Å². The highest BCUT2D eigenvalue weighted by atomic mass is 35.5. The molecule has 194 valence electrons. The average Bonchev–Trinajstić information content (AvgIpc) is 3.37. The largest absolute Gasteiger partial charge is 0.489 e. The highest BCUT2D eigenvalue weighted by Gasteiger charge is 2.33. The first-order valence-corrected chi connectivity index (χ1v) is 12.1. The maximum Gasteiger partial charge on any atom is 0.433 e. The van der Waals surface area contributed by atoms with Crippen LogP contribution in [0.3, 0.4) is 0 Å². The van der Waals surface area contributed by atoms with E-state index in [0.29, 0.717) is 46.3 Å². The number of benzene rings is 1. The molecule has 0 aliphatic heterocycles. The Morgan fingerprint density at radius 1 is 1.22 bits per heavy atom. The summed E-state index contributed by atoms with van der Waals surface area (Å²) in [6, 6.07) is 8.90. The Labute approximate surface area is 215 Å². The molecule has 0 spiro atoms. The zero-order valence-corrected chi connectivity index (χ0v) is 21.7. The van der Waals surface area contributed by atoms with Gasteiger partial charge in [-0.25, -0.2) is 9.98 Å². The number of H-pyrrole nitrogens is 1. The molecule has 0 radical (unpaired) electrons. The van der Waals surface area contributed by atoms with Crippen molar-refractivity contribution >= 4 is 28.1 Å². The molecule has 2 aromatic rings. The summed E-state index contributed by atoms with van der Waals surface area (Å²) < 4.78 is 45.7. The summed E-state index contributed by atoms with van der Waals surface area (Å²) in [6.07, 6.45) is 1.87. The molecular weight excluding hydrogens is 489 g/mol.